The first-order valence-corrected chi connectivity index (χ1v) is 8.90. The highest BCUT2D eigenvalue weighted by molar-refractivity contribution is 7.92. The van der Waals surface area contributed by atoms with E-state index in [9.17, 15) is 18.3 Å². The lowest BCUT2D eigenvalue weighted by molar-refractivity contribution is -0.132. The Hall–Kier alpha value is -0.660. The molecule has 0 aromatic heterocycles. The summed E-state index contributed by atoms with van der Waals surface area (Å²) in [6, 6.07) is 0. The fourth-order valence-corrected chi connectivity index (χ4v) is 3.78. The minimum absolute atomic E-state index is 0.0574. The van der Waals surface area contributed by atoms with Gasteiger partial charge in [-0.2, -0.15) is 0 Å². The molecule has 2 atom stereocenters. The van der Waals surface area contributed by atoms with E-state index in [1.54, 1.807) is 18.7 Å². The lowest BCUT2D eigenvalue weighted by atomic mass is 10.2. The van der Waals surface area contributed by atoms with Gasteiger partial charge in [-0.3, -0.25) is 9.69 Å². The lowest BCUT2D eigenvalue weighted by Gasteiger charge is -2.36. The van der Waals surface area contributed by atoms with Crippen LogP contribution in [-0.2, 0) is 14.6 Å². The minimum atomic E-state index is -3.34. The highest BCUT2D eigenvalue weighted by Gasteiger charge is 2.32. The predicted molar refractivity (Wildman–Crippen MR) is 78.2 cm³/mol. The molecule has 0 aliphatic carbocycles. The van der Waals surface area contributed by atoms with Crippen molar-refractivity contribution in [3.8, 4) is 0 Å². The van der Waals surface area contributed by atoms with Gasteiger partial charge in [-0.05, 0) is 20.3 Å². The molecule has 1 fully saturated rings. The largest absolute Gasteiger partial charge is 0.392 e. The molecule has 0 radical (unpaired) electrons. The SMILES string of the molecule is CCCS(=O)(=O)[C@@H](C)C(=O)N1CCN(C[C@@H](C)O)CC1. The molecule has 0 aromatic rings. The van der Waals surface area contributed by atoms with Crippen LogP contribution < -0.4 is 0 Å². The number of nitrogens with zero attached hydrogens (tertiary/aromatic N) is 2. The summed E-state index contributed by atoms with van der Waals surface area (Å²) in [5.74, 6) is -0.239. The molecule has 1 rings (SSSR count). The van der Waals surface area contributed by atoms with Gasteiger partial charge >= 0.3 is 0 Å². The summed E-state index contributed by atoms with van der Waals surface area (Å²) >= 11 is 0. The van der Waals surface area contributed by atoms with E-state index < -0.39 is 15.1 Å². The molecule has 1 N–H and O–H groups in total. The molecule has 118 valence electrons. The van der Waals surface area contributed by atoms with Crippen molar-refractivity contribution in [2.24, 2.45) is 0 Å². The van der Waals surface area contributed by atoms with Gasteiger partial charge in [-0.25, -0.2) is 8.42 Å². The third-order valence-electron chi connectivity index (χ3n) is 3.58. The summed E-state index contributed by atoms with van der Waals surface area (Å²) in [5.41, 5.74) is 0. The van der Waals surface area contributed by atoms with E-state index in [-0.39, 0.29) is 17.8 Å². The standard InChI is InChI=1S/C13H26N2O4S/c1-4-9-20(18,19)12(3)13(17)15-7-5-14(6-8-15)10-11(2)16/h11-12,16H,4-10H2,1-3H3/t11-,12+/m1/s1. The molecule has 1 amide bonds. The van der Waals surface area contributed by atoms with E-state index >= 15 is 0 Å². The molecule has 7 heteroatoms. The summed E-state index contributed by atoms with van der Waals surface area (Å²) in [6.45, 7) is 8.01. The van der Waals surface area contributed by atoms with Crippen molar-refractivity contribution in [1.82, 2.24) is 9.80 Å². The highest BCUT2D eigenvalue weighted by Crippen LogP contribution is 2.11. The number of sulfone groups is 1. The molecular weight excluding hydrogens is 280 g/mol. The van der Waals surface area contributed by atoms with Crippen molar-refractivity contribution in [1.29, 1.82) is 0 Å². The van der Waals surface area contributed by atoms with Crippen LogP contribution in [0.1, 0.15) is 27.2 Å². The average molecular weight is 306 g/mol. The maximum Gasteiger partial charge on any atom is 0.240 e. The molecular formula is C13H26N2O4S. The number of aliphatic hydroxyl groups is 1. The van der Waals surface area contributed by atoms with E-state index in [0.29, 0.717) is 39.1 Å². The fraction of sp³-hybridized carbons (Fsp3) is 0.923. The Balaban J connectivity index is 2.54. The second kappa shape index (κ2) is 7.38. The van der Waals surface area contributed by atoms with Gasteiger partial charge in [0, 0.05) is 32.7 Å². The van der Waals surface area contributed by atoms with Gasteiger partial charge in [0.05, 0.1) is 11.9 Å². The van der Waals surface area contributed by atoms with Crippen molar-refractivity contribution in [2.45, 2.75) is 38.5 Å². The Labute approximate surface area is 121 Å². The number of aliphatic hydroxyl groups excluding tert-OH is 1. The van der Waals surface area contributed by atoms with Crippen LogP contribution in [0.2, 0.25) is 0 Å². The maximum absolute atomic E-state index is 12.2. The first-order chi connectivity index (χ1) is 9.27. The first kappa shape index (κ1) is 17.4. The van der Waals surface area contributed by atoms with Crippen LogP contribution >= 0.6 is 0 Å². The summed E-state index contributed by atoms with van der Waals surface area (Å²) < 4.78 is 23.9. The van der Waals surface area contributed by atoms with Crippen molar-refractivity contribution in [3.63, 3.8) is 0 Å². The second-order valence-corrected chi connectivity index (χ2v) is 7.93. The number of β-amino-alcohol motifs (C(OH)–C–C–N with tert-alkyl or cyclic N) is 1. The summed E-state index contributed by atoms with van der Waals surface area (Å²) in [6.07, 6.45) is 0.142. The van der Waals surface area contributed by atoms with Crippen molar-refractivity contribution in [2.75, 3.05) is 38.5 Å². The number of hydrogen-bond donors (Lipinski definition) is 1. The molecule has 1 saturated heterocycles. The van der Waals surface area contributed by atoms with Crippen molar-refractivity contribution in [3.05, 3.63) is 0 Å². The van der Waals surface area contributed by atoms with Crippen LogP contribution in [0.3, 0.4) is 0 Å². The lowest BCUT2D eigenvalue weighted by Crippen LogP contribution is -2.53. The quantitative estimate of drug-likeness (QED) is 0.730. The van der Waals surface area contributed by atoms with Crippen molar-refractivity contribution < 1.29 is 18.3 Å². The zero-order valence-corrected chi connectivity index (χ0v) is 13.4. The maximum atomic E-state index is 12.2. The van der Waals surface area contributed by atoms with Gasteiger partial charge in [0.25, 0.3) is 0 Å². The van der Waals surface area contributed by atoms with Gasteiger partial charge < -0.3 is 10.0 Å². The van der Waals surface area contributed by atoms with Gasteiger partial charge in [0.2, 0.25) is 5.91 Å². The predicted octanol–water partition coefficient (Wildman–Crippen LogP) is -0.275. The number of carbonyl (C=O) groups is 1. The zero-order chi connectivity index (χ0) is 15.3. The summed E-state index contributed by atoms with van der Waals surface area (Å²) in [7, 11) is -3.34. The smallest absolute Gasteiger partial charge is 0.240 e. The number of piperazine rings is 1. The Morgan fingerprint density at radius 3 is 2.20 bits per heavy atom. The van der Waals surface area contributed by atoms with Crippen LogP contribution in [0, 0.1) is 0 Å². The van der Waals surface area contributed by atoms with E-state index in [1.165, 1.54) is 6.92 Å². The number of hydrogen-bond acceptors (Lipinski definition) is 5. The second-order valence-electron chi connectivity index (χ2n) is 5.48. The topological polar surface area (TPSA) is 77.9 Å². The van der Waals surface area contributed by atoms with E-state index in [2.05, 4.69) is 4.90 Å². The zero-order valence-electron chi connectivity index (χ0n) is 12.6. The van der Waals surface area contributed by atoms with Crippen molar-refractivity contribution >= 4 is 15.7 Å². The molecule has 0 spiro atoms. The third-order valence-corrected chi connectivity index (χ3v) is 5.84. The van der Waals surface area contributed by atoms with E-state index in [0.717, 1.165) is 0 Å². The molecule has 0 unspecified atom stereocenters. The Bertz CT molecular complexity index is 414. The summed E-state index contributed by atoms with van der Waals surface area (Å²) in [4.78, 5) is 15.9. The van der Waals surface area contributed by atoms with Gasteiger partial charge in [-0.15, -0.1) is 0 Å². The average Bonchev–Trinajstić information content (AvgIpc) is 2.37. The van der Waals surface area contributed by atoms with E-state index in [4.69, 9.17) is 0 Å². The Morgan fingerprint density at radius 2 is 1.75 bits per heavy atom. The molecule has 6 nitrogen and oxygen atoms in total. The number of carbonyl (C=O) groups excluding carboxylic acids is 1. The van der Waals surface area contributed by atoms with Crippen LogP contribution in [0.4, 0.5) is 0 Å². The molecule has 0 aromatic carbocycles. The number of amides is 1. The van der Waals surface area contributed by atoms with Gasteiger partial charge in [0.1, 0.15) is 5.25 Å². The number of rotatable bonds is 6. The molecule has 1 aliphatic heterocycles. The molecule has 20 heavy (non-hydrogen) atoms. The molecule has 1 heterocycles. The first-order valence-electron chi connectivity index (χ1n) is 7.18. The van der Waals surface area contributed by atoms with Crippen LogP contribution in [0.15, 0.2) is 0 Å². The fourth-order valence-electron chi connectivity index (χ4n) is 2.40. The highest BCUT2D eigenvalue weighted by atomic mass is 32.2. The molecule has 1 aliphatic rings. The van der Waals surface area contributed by atoms with Gasteiger partial charge in [-0.1, -0.05) is 6.92 Å². The normalized spacial score (nSPS) is 20.7. The van der Waals surface area contributed by atoms with Crippen LogP contribution in [0.5, 0.6) is 0 Å². The van der Waals surface area contributed by atoms with Crippen LogP contribution in [0.25, 0.3) is 0 Å². The Morgan fingerprint density at radius 1 is 1.20 bits per heavy atom. The Kier molecular flexibility index (Phi) is 6.42. The monoisotopic (exact) mass is 306 g/mol. The summed E-state index contributed by atoms with van der Waals surface area (Å²) in [5, 5.41) is 8.38. The third kappa shape index (κ3) is 4.71. The minimum Gasteiger partial charge on any atom is -0.392 e. The molecule has 0 bridgehead atoms. The molecule has 0 saturated carbocycles. The van der Waals surface area contributed by atoms with Gasteiger partial charge in [0.15, 0.2) is 9.84 Å². The van der Waals surface area contributed by atoms with Crippen LogP contribution in [-0.4, -0.2) is 79.1 Å². The van der Waals surface area contributed by atoms with E-state index in [1.807, 2.05) is 0 Å².